The van der Waals surface area contributed by atoms with E-state index in [-0.39, 0.29) is 5.75 Å². The molecule has 3 nitrogen and oxygen atoms in total. The molecule has 21 heavy (non-hydrogen) atoms. The van der Waals surface area contributed by atoms with Crippen molar-refractivity contribution in [1.29, 1.82) is 0 Å². The first kappa shape index (κ1) is 13.4. The van der Waals surface area contributed by atoms with Crippen LogP contribution in [-0.2, 0) is 0 Å². The number of benzene rings is 2. The molecule has 2 aromatic carbocycles. The molecular weight excluding hydrogens is 282 g/mol. The number of nitrogens with zero attached hydrogens (tertiary/aromatic N) is 1. The van der Waals surface area contributed by atoms with Crippen LogP contribution in [0.25, 0.3) is 10.4 Å². The molecule has 0 bridgehead atoms. The van der Waals surface area contributed by atoms with Gasteiger partial charge in [0.15, 0.2) is 6.21 Å². The lowest BCUT2D eigenvalue weighted by Gasteiger charge is -2.08. The fourth-order valence-electron chi connectivity index (χ4n) is 2.10. The maximum atomic E-state index is 12.4. The minimum atomic E-state index is 0.0898. The standard InChI is InChI=1S/C17H13NO2S/c19-16-9-4-1-6-13(16)12-18(20)15-8-3-2-7-14(15)17-10-5-11-21-17/h1-12,19H. The summed E-state index contributed by atoms with van der Waals surface area (Å²) in [5.41, 5.74) is 1.94. The molecule has 0 atom stereocenters. The minimum Gasteiger partial charge on any atom is -0.618 e. The average Bonchev–Trinajstić information content (AvgIpc) is 3.04. The molecule has 104 valence electrons. The summed E-state index contributed by atoms with van der Waals surface area (Å²) >= 11 is 1.59. The first-order chi connectivity index (χ1) is 10.3. The predicted octanol–water partition coefficient (Wildman–Crippen LogP) is 4.38. The number of hydrogen-bond donors (Lipinski definition) is 1. The van der Waals surface area contributed by atoms with Crippen LogP contribution in [0.2, 0.25) is 0 Å². The number of thiophene rings is 1. The smallest absolute Gasteiger partial charge is 0.225 e. The maximum absolute atomic E-state index is 12.4. The van der Waals surface area contributed by atoms with Gasteiger partial charge in [0.25, 0.3) is 0 Å². The van der Waals surface area contributed by atoms with Gasteiger partial charge in [0.1, 0.15) is 5.75 Å². The van der Waals surface area contributed by atoms with Crippen molar-refractivity contribution in [3.8, 4) is 16.2 Å². The Bertz CT molecular complexity index is 779. The van der Waals surface area contributed by atoms with Crippen LogP contribution in [0.3, 0.4) is 0 Å². The molecule has 0 aliphatic carbocycles. The first-order valence-electron chi connectivity index (χ1n) is 6.48. The van der Waals surface area contributed by atoms with Gasteiger partial charge in [-0.15, -0.1) is 11.3 Å². The first-order valence-corrected chi connectivity index (χ1v) is 7.36. The summed E-state index contributed by atoms with van der Waals surface area (Å²) in [6.45, 7) is 0. The Hall–Kier alpha value is -2.59. The summed E-state index contributed by atoms with van der Waals surface area (Å²) in [5.74, 6) is 0.0898. The Balaban J connectivity index is 2.07. The number of rotatable bonds is 3. The largest absolute Gasteiger partial charge is 0.618 e. The van der Waals surface area contributed by atoms with Gasteiger partial charge in [-0.1, -0.05) is 30.3 Å². The zero-order valence-corrected chi connectivity index (χ0v) is 12.0. The second-order valence-corrected chi connectivity index (χ2v) is 5.46. The van der Waals surface area contributed by atoms with Gasteiger partial charge in [-0.05, 0) is 29.6 Å². The van der Waals surface area contributed by atoms with Crippen LogP contribution in [-0.4, -0.2) is 16.1 Å². The van der Waals surface area contributed by atoms with E-state index in [0.717, 1.165) is 15.2 Å². The fourth-order valence-corrected chi connectivity index (χ4v) is 2.86. The molecule has 0 radical (unpaired) electrons. The molecule has 1 N–H and O–H groups in total. The molecule has 1 heterocycles. The molecule has 0 amide bonds. The quantitative estimate of drug-likeness (QED) is 0.337. The van der Waals surface area contributed by atoms with Crippen LogP contribution < -0.4 is 0 Å². The normalized spacial score (nSPS) is 11.5. The summed E-state index contributed by atoms with van der Waals surface area (Å²) in [6.07, 6.45) is 1.39. The van der Waals surface area contributed by atoms with Gasteiger partial charge in [0, 0.05) is 10.9 Å². The molecule has 0 saturated carbocycles. The third kappa shape index (κ3) is 2.80. The van der Waals surface area contributed by atoms with Gasteiger partial charge in [-0.2, -0.15) is 4.74 Å². The lowest BCUT2D eigenvalue weighted by molar-refractivity contribution is -0.353. The van der Waals surface area contributed by atoms with E-state index in [1.54, 1.807) is 41.7 Å². The van der Waals surface area contributed by atoms with E-state index in [9.17, 15) is 10.3 Å². The SMILES string of the molecule is [O-][N+](=Cc1ccccc1O)c1ccccc1-c1cccs1. The van der Waals surface area contributed by atoms with Crippen LogP contribution >= 0.6 is 11.3 Å². The highest BCUT2D eigenvalue weighted by Gasteiger charge is 2.12. The molecule has 0 spiro atoms. The zero-order valence-electron chi connectivity index (χ0n) is 11.1. The summed E-state index contributed by atoms with van der Waals surface area (Å²) in [5, 5.41) is 24.2. The van der Waals surface area contributed by atoms with Gasteiger partial charge in [-0.3, -0.25) is 0 Å². The van der Waals surface area contributed by atoms with Crippen molar-refractivity contribution >= 4 is 23.2 Å². The Morgan fingerprint density at radius 1 is 0.952 bits per heavy atom. The topological polar surface area (TPSA) is 46.3 Å². The summed E-state index contributed by atoms with van der Waals surface area (Å²) in [7, 11) is 0. The van der Waals surface area contributed by atoms with Crippen LogP contribution in [0.15, 0.2) is 66.0 Å². The van der Waals surface area contributed by atoms with Crippen LogP contribution in [0, 0.1) is 5.21 Å². The maximum Gasteiger partial charge on any atom is 0.225 e. The highest BCUT2D eigenvalue weighted by molar-refractivity contribution is 7.13. The molecular formula is C17H13NO2S. The highest BCUT2D eigenvalue weighted by Crippen LogP contribution is 2.32. The number of para-hydroxylation sites is 2. The molecule has 0 unspecified atom stereocenters. The zero-order chi connectivity index (χ0) is 14.7. The third-order valence-corrected chi connectivity index (χ3v) is 4.02. The molecule has 3 rings (SSSR count). The lowest BCUT2D eigenvalue weighted by atomic mass is 10.1. The molecule has 0 saturated heterocycles. The number of aromatic hydroxyl groups is 1. The Morgan fingerprint density at radius 3 is 2.48 bits per heavy atom. The van der Waals surface area contributed by atoms with Crippen molar-refractivity contribution in [1.82, 2.24) is 0 Å². The summed E-state index contributed by atoms with van der Waals surface area (Å²) in [4.78, 5) is 1.04. The van der Waals surface area contributed by atoms with Crippen LogP contribution in [0.5, 0.6) is 5.75 Å². The van der Waals surface area contributed by atoms with E-state index >= 15 is 0 Å². The van der Waals surface area contributed by atoms with Gasteiger partial charge in [0.05, 0.1) is 11.1 Å². The van der Waals surface area contributed by atoms with Crippen molar-refractivity contribution in [2.24, 2.45) is 0 Å². The Morgan fingerprint density at radius 2 is 1.71 bits per heavy atom. The Kier molecular flexibility index (Phi) is 3.71. The van der Waals surface area contributed by atoms with E-state index in [1.807, 2.05) is 35.7 Å². The fraction of sp³-hybridized carbons (Fsp3) is 0. The molecule has 3 aromatic rings. The predicted molar refractivity (Wildman–Crippen MR) is 86.3 cm³/mol. The van der Waals surface area contributed by atoms with Gasteiger partial charge < -0.3 is 10.3 Å². The Labute approximate surface area is 126 Å². The summed E-state index contributed by atoms with van der Waals surface area (Å²) in [6, 6.07) is 18.1. The monoisotopic (exact) mass is 295 g/mol. The van der Waals surface area contributed by atoms with Crippen molar-refractivity contribution < 1.29 is 9.85 Å². The van der Waals surface area contributed by atoms with Gasteiger partial charge >= 0.3 is 0 Å². The van der Waals surface area contributed by atoms with Crippen molar-refractivity contribution in [3.63, 3.8) is 0 Å². The number of phenolic OH excluding ortho intramolecular Hbond substituents is 1. The molecule has 0 fully saturated rings. The van der Waals surface area contributed by atoms with Crippen molar-refractivity contribution in [3.05, 3.63) is 76.8 Å². The number of hydrogen-bond acceptors (Lipinski definition) is 3. The van der Waals surface area contributed by atoms with E-state index in [4.69, 9.17) is 0 Å². The van der Waals surface area contributed by atoms with E-state index in [2.05, 4.69) is 0 Å². The second kappa shape index (κ2) is 5.81. The molecule has 1 aromatic heterocycles. The van der Waals surface area contributed by atoms with E-state index in [0.29, 0.717) is 11.3 Å². The molecule has 0 aliphatic heterocycles. The van der Waals surface area contributed by atoms with Crippen LogP contribution in [0.4, 0.5) is 5.69 Å². The minimum absolute atomic E-state index is 0.0898. The van der Waals surface area contributed by atoms with E-state index in [1.165, 1.54) is 6.21 Å². The van der Waals surface area contributed by atoms with Gasteiger partial charge in [-0.25, -0.2) is 0 Å². The number of phenols is 1. The van der Waals surface area contributed by atoms with Crippen LogP contribution in [0.1, 0.15) is 5.56 Å². The third-order valence-electron chi connectivity index (χ3n) is 3.12. The average molecular weight is 295 g/mol. The van der Waals surface area contributed by atoms with Gasteiger partial charge in [0.2, 0.25) is 5.69 Å². The van der Waals surface area contributed by atoms with Crippen molar-refractivity contribution in [2.45, 2.75) is 0 Å². The highest BCUT2D eigenvalue weighted by atomic mass is 32.1. The molecule has 4 heteroatoms. The summed E-state index contributed by atoms with van der Waals surface area (Å²) < 4.78 is 0.796. The molecule has 0 aliphatic rings. The van der Waals surface area contributed by atoms with Crippen molar-refractivity contribution in [2.75, 3.05) is 0 Å². The second-order valence-electron chi connectivity index (χ2n) is 4.51. The lowest BCUT2D eigenvalue weighted by Crippen LogP contribution is -2.00. The van der Waals surface area contributed by atoms with E-state index < -0.39 is 0 Å².